The Morgan fingerprint density at radius 1 is 0.552 bits per heavy atom. The van der Waals surface area contributed by atoms with Gasteiger partial charge in [0.05, 0.1) is 0 Å². The van der Waals surface area contributed by atoms with Crippen molar-refractivity contribution in [3.05, 3.63) is 83.4 Å². The Morgan fingerprint density at radius 2 is 0.931 bits per heavy atom. The molecule has 0 aliphatic heterocycles. The summed E-state index contributed by atoms with van der Waals surface area (Å²) < 4.78 is 0. The summed E-state index contributed by atoms with van der Waals surface area (Å²) in [5.74, 6) is 0.714. The molecule has 0 saturated carbocycles. The zero-order chi connectivity index (χ0) is 22.0. The molecule has 0 bridgehead atoms. The van der Waals surface area contributed by atoms with Crippen LogP contribution in [0.1, 0.15) is 16.7 Å². The largest absolute Gasteiger partial charge is 0.508 e. The maximum Gasteiger partial charge on any atom is 0.118 e. The van der Waals surface area contributed by atoms with E-state index in [-0.39, 0.29) is 0 Å². The van der Waals surface area contributed by atoms with Crippen molar-refractivity contribution in [1.29, 1.82) is 0 Å². The highest BCUT2D eigenvalue weighted by Gasteiger charge is 1.99. The van der Waals surface area contributed by atoms with Crippen LogP contribution in [-0.4, -0.2) is 38.4 Å². The maximum atomic E-state index is 9.21. The van der Waals surface area contributed by atoms with Gasteiger partial charge < -0.3 is 20.0 Å². The average Bonchev–Trinajstić information content (AvgIpc) is 2.67. The summed E-state index contributed by atoms with van der Waals surface area (Å²) in [5, 5.41) is 18.4. The molecule has 156 valence electrons. The summed E-state index contributed by atoms with van der Waals surface area (Å²) in [6, 6.07) is 21.4. The number of rotatable bonds is 2. The van der Waals surface area contributed by atoms with E-state index in [1.165, 1.54) is 5.56 Å². The Morgan fingerprint density at radius 3 is 1.17 bits per heavy atom. The van der Waals surface area contributed by atoms with E-state index in [4.69, 9.17) is 0 Å². The van der Waals surface area contributed by atoms with Gasteiger partial charge in [-0.05, 0) is 68.3 Å². The summed E-state index contributed by atoms with van der Waals surface area (Å²) in [7, 11) is 7.91. The predicted molar refractivity (Wildman–Crippen MR) is 126 cm³/mol. The van der Waals surface area contributed by atoms with Crippen molar-refractivity contribution in [2.24, 2.45) is 0 Å². The SMILES string of the molecule is Cc1cc(N(C)C)ccc1O.Cc1cc(N(C)C)ccc1O.Cc1ccccc1. The van der Waals surface area contributed by atoms with E-state index in [0.717, 1.165) is 22.5 Å². The van der Waals surface area contributed by atoms with E-state index < -0.39 is 0 Å². The van der Waals surface area contributed by atoms with Crippen molar-refractivity contribution >= 4 is 11.4 Å². The number of hydrogen-bond acceptors (Lipinski definition) is 4. The average molecular weight is 395 g/mol. The molecule has 4 nitrogen and oxygen atoms in total. The molecule has 0 radical (unpaired) electrons. The molecule has 0 aliphatic rings. The molecule has 4 heteroatoms. The summed E-state index contributed by atoms with van der Waals surface area (Å²) in [6.45, 7) is 5.87. The van der Waals surface area contributed by atoms with E-state index in [9.17, 15) is 10.2 Å². The van der Waals surface area contributed by atoms with Crippen LogP contribution in [0.5, 0.6) is 11.5 Å². The minimum Gasteiger partial charge on any atom is -0.508 e. The number of anilines is 2. The fourth-order valence-corrected chi connectivity index (χ4v) is 2.37. The monoisotopic (exact) mass is 394 g/mol. The summed E-state index contributed by atoms with van der Waals surface area (Å²) in [6.07, 6.45) is 0. The first-order chi connectivity index (χ1) is 13.6. The molecule has 0 atom stereocenters. The predicted octanol–water partition coefficient (Wildman–Crippen LogP) is 5.53. The van der Waals surface area contributed by atoms with Gasteiger partial charge in [-0.1, -0.05) is 35.9 Å². The molecule has 3 aromatic rings. The van der Waals surface area contributed by atoms with Crippen molar-refractivity contribution in [3.63, 3.8) is 0 Å². The molecule has 3 rings (SSSR count). The first-order valence-corrected chi connectivity index (χ1v) is 9.57. The summed E-state index contributed by atoms with van der Waals surface area (Å²) in [4.78, 5) is 4.01. The van der Waals surface area contributed by atoms with Crippen molar-refractivity contribution in [1.82, 2.24) is 0 Å². The molecule has 0 aliphatic carbocycles. The number of benzene rings is 3. The van der Waals surface area contributed by atoms with Gasteiger partial charge in [0.1, 0.15) is 11.5 Å². The third-order valence-electron chi connectivity index (χ3n) is 4.33. The minimum atomic E-state index is 0.357. The van der Waals surface area contributed by atoms with Crippen molar-refractivity contribution in [3.8, 4) is 11.5 Å². The number of nitrogens with zero attached hydrogens (tertiary/aromatic N) is 2. The molecule has 0 saturated heterocycles. The van der Waals surface area contributed by atoms with Gasteiger partial charge in [-0.3, -0.25) is 0 Å². The minimum absolute atomic E-state index is 0.357. The van der Waals surface area contributed by atoms with Crippen LogP contribution in [0.3, 0.4) is 0 Å². The molecule has 29 heavy (non-hydrogen) atoms. The van der Waals surface area contributed by atoms with Gasteiger partial charge in [0, 0.05) is 39.6 Å². The van der Waals surface area contributed by atoms with Gasteiger partial charge in [0.2, 0.25) is 0 Å². The van der Waals surface area contributed by atoms with E-state index in [1.54, 1.807) is 12.1 Å². The number of phenols is 2. The molecule has 0 heterocycles. The molecule has 0 aromatic heterocycles. The van der Waals surface area contributed by atoms with Crippen molar-refractivity contribution < 1.29 is 10.2 Å². The smallest absolute Gasteiger partial charge is 0.118 e. The first-order valence-electron chi connectivity index (χ1n) is 9.57. The maximum absolute atomic E-state index is 9.21. The van der Waals surface area contributed by atoms with E-state index in [2.05, 4.69) is 19.1 Å². The lowest BCUT2D eigenvalue weighted by molar-refractivity contribution is 0.470. The standard InChI is InChI=1S/2C9H13NO.C7H8/c2*1-7-6-8(10(2)3)4-5-9(7)11;1-7-5-3-2-4-6-7/h2*4-6,11H,1-3H3;2-6H,1H3. The Kier molecular flexibility index (Phi) is 9.60. The number of aromatic hydroxyl groups is 2. The Hall–Kier alpha value is -3.14. The Balaban J connectivity index is 0.000000223. The Bertz CT molecular complexity index is 820. The third-order valence-corrected chi connectivity index (χ3v) is 4.33. The molecule has 0 amide bonds. The van der Waals surface area contributed by atoms with Crippen molar-refractivity contribution in [2.45, 2.75) is 20.8 Å². The number of aryl methyl sites for hydroxylation is 3. The zero-order valence-electron chi connectivity index (χ0n) is 18.6. The highest BCUT2D eigenvalue weighted by Crippen LogP contribution is 2.22. The fraction of sp³-hybridized carbons (Fsp3) is 0.280. The summed E-state index contributed by atoms with van der Waals surface area (Å²) >= 11 is 0. The lowest BCUT2D eigenvalue weighted by Gasteiger charge is -2.12. The van der Waals surface area contributed by atoms with Gasteiger partial charge in [0.15, 0.2) is 0 Å². The van der Waals surface area contributed by atoms with Gasteiger partial charge in [-0.25, -0.2) is 0 Å². The highest BCUT2D eigenvalue weighted by atomic mass is 16.3. The lowest BCUT2D eigenvalue weighted by Crippen LogP contribution is -2.08. The molecule has 0 fully saturated rings. The quantitative estimate of drug-likeness (QED) is 0.600. The lowest BCUT2D eigenvalue weighted by atomic mass is 10.2. The van der Waals surface area contributed by atoms with E-state index in [0.29, 0.717) is 11.5 Å². The fourth-order valence-electron chi connectivity index (χ4n) is 2.37. The molecular weight excluding hydrogens is 360 g/mol. The topological polar surface area (TPSA) is 46.9 Å². The first kappa shape index (κ1) is 23.9. The van der Waals surface area contributed by atoms with Crippen LogP contribution in [0.15, 0.2) is 66.7 Å². The van der Waals surface area contributed by atoms with E-state index in [1.807, 2.05) is 94.3 Å². The normalized spacial score (nSPS) is 9.48. The van der Waals surface area contributed by atoms with Gasteiger partial charge in [0.25, 0.3) is 0 Å². The van der Waals surface area contributed by atoms with Crippen LogP contribution in [0.25, 0.3) is 0 Å². The van der Waals surface area contributed by atoms with Crippen LogP contribution in [0.2, 0.25) is 0 Å². The van der Waals surface area contributed by atoms with Gasteiger partial charge >= 0.3 is 0 Å². The molecule has 2 N–H and O–H groups in total. The number of hydrogen-bond donors (Lipinski definition) is 2. The molecular formula is C25H34N2O2. The molecule has 0 unspecified atom stereocenters. The summed E-state index contributed by atoms with van der Waals surface area (Å²) in [5.41, 5.74) is 5.37. The van der Waals surface area contributed by atoms with Crippen LogP contribution in [0, 0.1) is 20.8 Å². The van der Waals surface area contributed by atoms with Crippen LogP contribution >= 0.6 is 0 Å². The third kappa shape index (κ3) is 8.60. The second kappa shape index (κ2) is 11.6. The van der Waals surface area contributed by atoms with Gasteiger partial charge in [-0.15, -0.1) is 0 Å². The molecule has 0 spiro atoms. The second-order valence-corrected chi connectivity index (χ2v) is 7.39. The van der Waals surface area contributed by atoms with Gasteiger partial charge in [-0.2, -0.15) is 0 Å². The van der Waals surface area contributed by atoms with Crippen molar-refractivity contribution in [2.75, 3.05) is 38.0 Å². The van der Waals surface area contributed by atoms with Crippen LogP contribution < -0.4 is 9.80 Å². The number of phenolic OH excluding ortho intramolecular Hbond substituents is 2. The highest BCUT2D eigenvalue weighted by molar-refractivity contribution is 5.52. The van der Waals surface area contributed by atoms with Crippen LogP contribution in [-0.2, 0) is 0 Å². The van der Waals surface area contributed by atoms with Crippen LogP contribution in [0.4, 0.5) is 11.4 Å². The Labute approximate surface area is 175 Å². The second-order valence-electron chi connectivity index (χ2n) is 7.39. The van der Waals surface area contributed by atoms with E-state index >= 15 is 0 Å². The molecule has 3 aromatic carbocycles. The zero-order valence-corrected chi connectivity index (χ0v) is 18.6.